The fourth-order valence-electron chi connectivity index (χ4n) is 1.36. The average molecular weight is 225 g/mol. The van der Waals surface area contributed by atoms with Crippen molar-refractivity contribution >= 4 is 8.72 Å². The summed E-state index contributed by atoms with van der Waals surface area (Å²) in [5.41, 5.74) is 1.13. The number of nitrogens with two attached hydrogens (primary N) is 1. The highest BCUT2D eigenvalue weighted by Crippen LogP contribution is 2.11. The van der Waals surface area contributed by atoms with Gasteiger partial charge in [0.25, 0.3) is 0 Å². The van der Waals surface area contributed by atoms with Gasteiger partial charge in [0.05, 0.1) is 6.61 Å². The molecular formula is C11H19NO2Si. The molecule has 0 amide bonds. The van der Waals surface area contributed by atoms with Crippen LogP contribution in [0.1, 0.15) is 18.9 Å². The molecule has 4 heteroatoms. The highest BCUT2D eigenvalue weighted by atomic mass is 28.4. The fourth-order valence-corrected chi connectivity index (χ4v) is 2.94. The van der Waals surface area contributed by atoms with E-state index in [0.717, 1.165) is 18.0 Å². The molecule has 1 atom stereocenters. The Hall–Kier alpha value is -0.683. The Labute approximate surface area is 92.5 Å². The lowest BCUT2D eigenvalue weighted by molar-refractivity contribution is 0.189. The van der Waals surface area contributed by atoms with E-state index in [9.17, 15) is 0 Å². The number of hydrogen-bond acceptors (Lipinski definition) is 3. The van der Waals surface area contributed by atoms with Crippen molar-refractivity contribution in [2.24, 2.45) is 5.40 Å². The van der Waals surface area contributed by atoms with Crippen LogP contribution in [0.5, 0.6) is 0 Å². The second-order valence-electron chi connectivity index (χ2n) is 3.54. The Balaban J connectivity index is 2.47. The van der Waals surface area contributed by atoms with Crippen LogP contribution in [0.3, 0.4) is 0 Å². The third-order valence-corrected chi connectivity index (χ3v) is 4.79. The van der Waals surface area contributed by atoms with E-state index >= 15 is 0 Å². The molecule has 0 heterocycles. The van der Waals surface area contributed by atoms with E-state index in [1.807, 2.05) is 30.3 Å². The first-order valence-corrected chi connectivity index (χ1v) is 7.32. The molecule has 0 fully saturated rings. The van der Waals surface area contributed by atoms with Gasteiger partial charge in [-0.2, -0.15) is 0 Å². The van der Waals surface area contributed by atoms with Crippen LogP contribution >= 0.6 is 0 Å². The Kier molecular flexibility index (Phi) is 4.97. The summed E-state index contributed by atoms with van der Waals surface area (Å²) in [6.07, 6.45) is 0.991. The van der Waals surface area contributed by atoms with Gasteiger partial charge < -0.3 is 14.3 Å². The second kappa shape index (κ2) is 6.02. The van der Waals surface area contributed by atoms with Crippen molar-refractivity contribution in [2.45, 2.75) is 26.0 Å². The Morgan fingerprint density at radius 2 is 1.93 bits per heavy atom. The molecule has 0 aromatic heterocycles. The zero-order valence-corrected chi connectivity index (χ0v) is 10.4. The second-order valence-corrected chi connectivity index (χ2v) is 6.36. The molecule has 1 aromatic rings. The predicted molar refractivity (Wildman–Crippen MR) is 63.3 cm³/mol. The molecule has 0 aliphatic heterocycles. The SMILES string of the molecule is CCC[Si](N)(OC)OCc1ccccc1. The summed E-state index contributed by atoms with van der Waals surface area (Å²) in [5, 5.41) is 6.05. The van der Waals surface area contributed by atoms with Crippen LogP contribution in [0.2, 0.25) is 6.04 Å². The van der Waals surface area contributed by atoms with Crippen molar-refractivity contribution < 1.29 is 8.85 Å². The highest BCUT2D eigenvalue weighted by molar-refractivity contribution is 6.63. The first-order valence-electron chi connectivity index (χ1n) is 5.22. The van der Waals surface area contributed by atoms with Gasteiger partial charge in [-0.15, -0.1) is 0 Å². The maximum absolute atomic E-state index is 6.05. The van der Waals surface area contributed by atoms with Crippen molar-refractivity contribution in [3.05, 3.63) is 35.9 Å². The standard InChI is InChI=1S/C11H19NO2Si/c1-3-9-15(12,13-2)14-10-11-7-5-4-6-8-11/h4-8H,3,9-10,12H2,1-2H3. The molecule has 1 aromatic carbocycles. The number of hydrogen-bond donors (Lipinski definition) is 1. The van der Waals surface area contributed by atoms with Crippen LogP contribution in [-0.4, -0.2) is 15.8 Å². The normalized spacial score (nSPS) is 14.9. The minimum absolute atomic E-state index is 0.539. The van der Waals surface area contributed by atoms with Gasteiger partial charge in [-0.25, -0.2) is 0 Å². The van der Waals surface area contributed by atoms with Crippen LogP contribution in [0.15, 0.2) is 30.3 Å². The van der Waals surface area contributed by atoms with Gasteiger partial charge in [0.15, 0.2) is 0 Å². The maximum Gasteiger partial charge on any atom is 0.422 e. The van der Waals surface area contributed by atoms with Crippen molar-refractivity contribution in [2.75, 3.05) is 7.11 Å². The molecule has 3 nitrogen and oxygen atoms in total. The van der Waals surface area contributed by atoms with E-state index < -0.39 is 8.72 Å². The smallest absolute Gasteiger partial charge is 0.386 e. The molecule has 0 saturated heterocycles. The van der Waals surface area contributed by atoms with E-state index in [0.29, 0.717) is 6.61 Å². The quantitative estimate of drug-likeness (QED) is 0.755. The van der Waals surface area contributed by atoms with Gasteiger partial charge in [-0.3, -0.25) is 0 Å². The molecule has 0 aliphatic carbocycles. The summed E-state index contributed by atoms with van der Waals surface area (Å²) in [5.74, 6) is 0. The van der Waals surface area contributed by atoms with Crippen LogP contribution in [0, 0.1) is 0 Å². The highest BCUT2D eigenvalue weighted by Gasteiger charge is 2.30. The van der Waals surface area contributed by atoms with E-state index in [1.54, 1.807) is 7.11 Å². The van der Waals surface area contributed by atoms with Gasteiger partial charge in [-0.1, -0.05) is 43.7 Å². The van der Waals surface area contributed by atoms with Crippen molar-refractivity contribution in [1.82, 2.24) is 0 Å². The molecule has 84 valence electrons. The molecule has 0 spiro atoms. The summed E-state index contributed by atoms with van der Waals surface area (Å²) in [4.78, 5) is 0. The van der Waals surface area contributed by atoms with Crippen molar-refractivity contribution in [3.63, 3.8) is 0 Å². The maximum atomic E-state index is 6.05. The zero-order chi connectivity index (χ0) is 11.1. The van der Waals surface area contributed by atoms with E-state index in [2.05, 4.69) is 6.92 Å². The molecule has 0 aliphatic rings. The van der Waals surface area contributed by atoms with Gasteiger partial charge in [0, 0.05) is 13.2 Å². The number of benzene rings is 1. The van der Waals surface area contributed by atoms with E-state index in [1.165, 1.54) is 0 Å². The van der Waals surface area contributed by atoms with E-state index in [-0.39, 0.29) is 0 Å². The summed E-state index contributed by atoms with van der Waals surface area (Å²) < 4.78 is 11.0. The Bertz CT molecular complexity index is 281. The van der Waals surface area contributed by atoms with Gasteiger partial charge in [0.1, 0.15) is 0 Å². The van der Waals surface area contributed by atoms with Gasteiger partial charge >= 0.3 is 8.72 Å². The summed E-state index contributed by atoms with van der Waals surface area (Å²) in [7, 11) is -0.774. The van der Waals surface area contributed by atoms with Gasteiger partial charge in [0.2, 0.25) is 0 Å². The van der Waals surface area contributed by atoms with E-state index in [4.69, 9.17) is 14.3 Å². The topological polar surface area (TPSA) is 44.5 Å². The van der Waals surface area contributed by atoms with Crippen molar-refractivity contribution in [3.8, 4) is 0 Å². The summed E-state index contributed by atoms with van der Waals surface area (Å²) in [6, 6.07) is 10.8. The Morgan fingerprint density at radius 1 is 1.27 bits per heavy atom. The molecule has 2 N–H and O–H groups in total. The molecule has 1 unspecified atom stereocenters. The monoisotopic (exact) mass is 225 g/mol. The zero-order valence-electron chi connectivity index (χ0n) is 9.40. The minimum atomic E-state index is -2.41. The average Bonchev–Trinajstić information content (AvgIpc) is 2.28. The lowest BCUT2D eigenvalue weighted by Gasteiger charge is -2.23. The molecule has 0 bridgehead atoms. The predicted octanol–water partition coefficient (Wildman–Crippen LogP) is 2.16. The molecular weight excluding hydrogens is 206 g/mol. The third-order valence-electron chi connectivity index (χ3n) is 2.27. The van der Waals surface area contributed by atoms with Crippen LogP contribution in [0.4, 0.5) is 0 Å². The first kappa shape index (κ1) is 12.4. The summed E-state index contributed by atoms with van der Waals surface area (Å²) in [6.45, 7) is 2.62. The molecule has 1 rings (SSSR count). The molecule has 15 heavy (non-hydrogen) atoms. The fraction of sp³-hybridized carbons (Fsp3) is 0.455. The molecule has 0 saturated carbocycles. The first-order chi connectivity index (χ1) is 7.20. The third kappa shape index (κ3) is 4.13. The number of rotatable bonds is 6. The lowest BCUT2D eigenvalue weighted by atomic mass is 10.2. The van der Waals surface area contributed by atoms with Crippen LogP contribution < -0.4 is 5.40 Å². The lowest BCUT2D eigenvalue weighted by Crippen LogP contribution is -2.51. The largest absolute Gasteiger partial charge is 0.422 e. The summed E-state index contributed by atoms with van der Waals surface area (Å²) >= 11 is 0. The molecule has 0 radical (unpaired) electrons. The van der Waals surface area contributed by atoms with Crippen LogP contribution in [0.25, 0.3) is 0 Å². The van der Waals surface area contributed by atoms with Crippen LogP contribution in [-0.2, 0) is 15.5 Å². The van der Waals surface area contributed by atoms with Gasteiger partial charge in [-0.05, 0) is 5.56 Å². The Morgan fingerprint density at radius 3 is 2.47 bits per heavy atom. The minimum Gasteiger partial charge on any atom is -0.386 e. The van der Waals surface area contributed by atoms with Crippen molar-refractivity contribution in [1.29, 1.82) is 0 Å².